The van der Waals surface area contributed by atoms with E-state index in [9.17, 15) is 9.59 Å². The van der Waals surface area contributed by atoms with Crippen LogP contribution >= 0.6 is 0 Å². The molecular weight excluding hydrogens is 368 g/mol. The number of para-hydroxylation sites is 2. The highest BCUT2D eigenvalue weighted by atomic mass is 16.7. The zero-order chi connectivity index (χ0) is 20.2. The maximum absolute atomic E-state index is 12.8. The Labute approximate surface area is 168 Å². The fourth-order valence-electron chi connectivity index (χ4n) is 3.07. The molecule has 146 valence electrons. The summed E-state index contributed by atoms with van der Waals surface area (Å²) in [6.45, 7) is 2.50. The monoisotopic (exact) mass is 388 g/mol. The molecule has 0 radical (unpaired) electrons. The van der Waals surface area contributed by atoms with Crippen LogP contribution < -0.4 is 20.1 Å². The standard InChI is InChI=1S/C23H20N2O4/c1-15-9-11-16(12-10-15)13-24-22(26)17-5-2-3-7-19(17)25-23(27)18-6-4-8-20-21(18)29-14-28-20/h2-12H,13-14H2,1H3,(H,24,26)(H,25,27). The van der Waals surface area contributed by atoms with Crippen LogP contribution in [0.25, 0.3) is 0 Å². The molecule has 0 saturated heterocycles. The fourth-order valence-corrected chi connectivity index (χ4v) is 3.07. The highest BCUT2D eigenvalue weighted by Crippen LogP contribution is 2.35. The molecule has 4 rings (SSSR count). The van der Waals surface area contributed by atoms with E-state index in [2.05, 4.69) is 10.6 Å². The van der Waals surface area contributed by atoms with Crippen LogP contribution in [0.15, 0.2) is 66.7 Å². The van der Waals surface area contributed by atoms with Gasteiger partial charge in [-0.25, -0.2) is 0 Å². The van der Waals surface area contributed by atoms with Crippen LogP contribution in [0.2, 0.25) is 0 Å². The van der Waals surface area contributed by atoms with Gasteiger partial charge in [0.2, 0.25) is 6.79 Å². The number of hydrogen-bond donors (Lipinski definition) is 2. The third kappa shape index (κ3) is 4.06. The molecule has 0 aliphatic carbocycles. The normalized spacial score (nSPS) is 11.8. The molecule has 6 nitrogen and oxygen atoms in total. The number of amides is 2. The van der Waals surface area contributed by atoms with Gasteiger partial charge in [0, 0.05) is 6.54 Å². The van der Waals surface area contributed by atoms with Crippen molar-refractivity contribution >= 4 is 17.5 Å². The minimum atomic E-state index is -0.369. The molecule has 1 aliphatic heterocycles. The van der Waals surface area contributed by atoms with E-state index < -0.39 is 0 Å². The Balaban J connectivity index is 1.49. The van der Waals surface area contributed by atoms with Crippen molar-refractivity contribution in [3.8, 4) is 11.5 Å². The summed E-state index contributed by atoms with van der Waals surface area (Å²) in [5, 5.41) is 5.70. The molecule has 29 heavy (non-hydrogen) atoms. The Hall–Kier alpha value is -3.80. The molecular formula is C23H20N2O4. The van der Waals surface area contributed by atoms with E-state index >= 15 is 0 Å². The van der Waals surface area contributed by atoms with Crippen molar-refractivity contribution < 1.29 is 19.1 Å². The first-order valence-corrected chi connectivity index (χ1v) is 9.24. The number of benzene rings is 3. The van der Waals surface area contributed by atoms with Gasteiger partial charge < -0.3 is 20.1 Å². The van der Waals surface area contributed by atoms with Crippen LogP contribution in [0.1, 0.15) is 31.8 Å². The first-order chi connectivity index (χ1) is 14.1. The van der Waals surface area contributed by atoms with E-state index in [0.717, 1.165) is 11.1 Å². The maximum atomic E-state index is 12.8. The predicted molar refractivity (Wildman–Crippen MR) is 109 cm³/mol. The molecule has 0 aromatic heterocycles. The van der Waals surface area contributed by atoms with Gasteiger partial charge in [-0.3, -0.25) is 9.59 Å². The van der Waals surface area contributed by atoms with Gasteiger partial charge in [0.25, 0.3) is 11.8 Å². The highest BCUT2D eigenvalue weighted by molar-refractivity contribution is 6.10. The summed E-state index contributed by atoms with van der Waals surface area (Å²) >= 11 is 0. The van der Waals surface area contributed by atoms with Gasteiger partial charge in [0.05, 0.1) is 16.8 Å². The lowest BCUT2D eigenvalue weighted by atomic mass is 10.1. The molecule has 0 atom stereocenters. The van der Waals surface area contributed by atoms with Crippen molar-refractivity contribution in [2.75, 3.05) is 12.1 Å². The Bertz CT molecular complexity index is 1060. The topological polar surface area (TPSA) is 76.7 Å². The number of carbonyl (C=O) groups excluding carboxylic acids is 2. The van der Waals surface area contributed by atoms with E-state index in [4.69, 9.17) is 9.47 Å². The molecule has 0 saturated carbocycles. The molecule has 1 aliphatic rings. The van der Waals surface area contributed by atoms with E-state index in [0.29, 0.717) is 34.9 Å². The number of aryl methyl sites for hydroxylation is 1. The van der Waals surface area contributed by atoms with Gasteiger partial charge in [-0.2, -0.15) is 0 Å². The van der Waals surface area contributed by atoms with Gasteiger partial charge >= 0.3 is 0 Å². The zero-order valence-electron chi connectivity index (χ0n) is 15.9. The van der Waals surface area contributed by atoms with Gasteiger partial charge in [-0.1, -0.05) is 48.0 Å². The Morgan fingerprint density at radius 1 is 0.862 bits per heavy atom. The molecule has 1 heterocycles. The first-order valence-electron chi connectivity index (χ1n) is 9.24. The Kier molecular flexibility index (Phi) is 5.16. The molecule has 0 spiro atoms. The molecule has 0 bridgehead atoms. The lowest BCUT2D eigenvalue weighted by Crippen LogP contribution is -2.25. The number of rotatable bonds is 5. The number of hydrogen-bond acceptors (Lipinski definition) is 4. The number of nitrogens with one attached hydrogen (secondary N) is 2. The van der Waals surface area contributed by atoms with Crippen molar-refractivity contribution in [2.45, 2.75) is 13.5 Å². The second-order valence-corrected chi connectivity index (χ2v) is 6.71. The van der Waals surface area contributed by atoms with Crippen LogP contribution in [0, 0.1) is 6.92 Å². The minimum absolute atomic E-state index is 0.0810. The van der Waals surface area contributed by atoms with E-state index in [1.54, 1.807) is 42.5 Å². The molecule has 3 aromatic carbocycles. The number of carbonyl (C=O) groups is 2. The second kappa shape index (κ2) is 8.06. The summed E-state index contributed by atoms with van der Waals surface area (Å²) in [6.07, 6.45) is 0. The average molecular weight is 388 g/mol. The molecule has 0 unspecified atom stereocenters. The van der Waals surface area contributed by atoms with Crippen molar-refractivity contribution in [3.05, 3.63) is 89.0 Å². The molecule has 2 amide bonds. The second-order valence-electron chi connectivity index (χ2n) is 6.71. The summed E-state index contributed by atoms with van der Waals surface area (Å²) in [5.41, 5.74) is 3.33. The van der Waals surface area contributed by atoms with Gasteiger partial charge in [-0.15, -0.1) is 0 Å². The molecule has 0 fully saturated rings. The minimum Gasteiger partial charge on any atom is -0.454 e. The summed E-state index contributed by atoms with van der Waals surface area (Å²) in [5.74, 6) is 0.304. The molecule has 3 aromatic rings. The molecule has 2 N–H and O–H groups in total. The van der Waals surface area contributed by atoms with E-state index in [1.807, 2.05) is 31.2 Å². The van der Waals surface area contributed by atoms with Crippen LogP contribution in [-0.4, -0.2) is 18.6 Å². The van der Waals surface area contributed by atoms with Gasteiger partial charge in [0.15, 0.2) is 11.5 Å². The summed E-state index contributed by atoms with van der Waals surface area (Å²) in [4.78, 5) is 25.5. The predicted octanol–water partition coefficient (Wildman–Crippen LogP) is 3.91. The van der Waals surface area contributed by atoms with Gasteiger partial charge in [-0.05, 0) is 36.8 Å². The van der Waals surface area contributed by atoms with Crippen molar-refractivity contribution in [2.24, 2.45) is 0 Å². The zero-order valence-corrected chi connectivity index (χ0v) is 15.9. The number of anilines is 1. The smallest absolute Gasteiger partial charge is 0.259 e. The highest BCUT2D eigenvalue weighted by Gasteiger charge is 2.23. The van der Waals surface area contributed by atoms with Gasteiger partial charge in [0.1, 0.15) is 0 Å². The summed E-state index contributed by atoms with van der Waals surface area (Å²) < 4.78 is 10.7. The van der Waals surface area contributed by atoms with E-state index in [-0.39, 0.29) is 18.6 Å². The lowest BCUT2D eigenvalue weighted by Gasteiger charge is -2.12. The summed E-state index contributed by atoms with van der Waals surface area (Å²) in [6, 6.07) is 20.0. The Morgan fingerprint density at radius 2 is 1.62 bits per heavy atom. The van der Waals surface area contributed by atoms with Crippen LogP contribution in [0.5, 0.6) is 11.5 Å². The van der Waals surface area contributed by atoms with Crippen molar-refractivity contribution in [1.29, 1.82) is 0 Å². The number of fused-ring (bicyclic) bond motifs is 1. The lowest BCUT2D eigenvalue weighted by molar-refractivity contribution is 0.0951. The summed E-state index contributed by atoms with van der Waals surface area (Å²) in [7, 11) is 0. The maximum Gasteiger partial charge on any atom is 0.259 e. The quantitative estimate of drug-likeness (QED) is 0.695. The van der Waals surface area contributed by atoms with E-state index in [1.165, 1.54) is 0 Å². The third-order valence-electron chi connectivity index (χ3n) is 4.63. The Morgan fingerprint density at radius 3 is 2.45 bits per heavy atom. The van der Waals surface area contributed by atoms with Crippen LogP contribution in [-0.2, 0) is 6.54 Å². The van der Waals surface area contributed by atoms with Crippen LogP contribution in [0.4, 0.5) is 5.69 Å². The third-order valence-corrected chi connectivity index (χ3v) is 4.63. The molecule has 6 heteroatoms. The first kappa shape index (κ1) is 18.6. The largest absolute Gasteiger partial charge is 0.454 e. The van der Waals surface area contributed by atoms with Crippen molar-refractivity contribution in [3.63, 3.8) is 0 Å². The SMILES string of the molecule is Cc1ccc(CNC(=O)c2ccccc2NC(=O)c2cccc3c2OCO3)cc1. The van der Waals surface area contributed by atoms with Crippen LogP contribution in [0.3, 0.4) is 0 Å². The average Bonchev–Trinajstić information content (AvgIpc) is 3.22. The fraction of sp³-hybridized carbons (Fsp3) is 0.130. The number of ether oxygens (including phenoxy) is 2. The van der Waals surface area contributed by atoms with Crippen molar-refractivity contribution in [1.82, 2.24) is 5.32 Å².